The SMILES string of the molecule is Cc1cc(C)c(CNCC2(N(C)C)CCCC2)cc1C. The van der Waals surface area contributed by atoms with E-state index in [0.717, 1.165) is 13.1 Å². The molecule has 1 aliphatic carbocycles. The van der Waals surface area contributed by atoms with Crippen molar-refractivity contribution in [1.29, 1.82) is 0 Å². The van der Waals surface area contributed by atoms with Gasteiger partial charge in [-0.3, -0.25) is 0 Å². The van der Waals surface area contributed by atoms with E-state index in [1.54, 1.807) is 0 Å². The van der Waals surface area contributed by atoms with Gasteiger partial charge in [-0.1, -0.05) is 25.0 Å². The highest BCUT2D eigenvalue weighted by atomic mass is 15.2. The van der Waals surface area contributed by atoms with Crippen molar-refractivity contribution < 1.29 is 0 Å². The summed E-state index contributed by atoms with van der Waals surface area (Å²) in [6.07, 6.45) is 5.42. The van der Waals surface area contributed by atoms with Crippen LogP contribution in [0.5, 0.6) is 0 Å². The lowest BCUT2D eigenvalue weighted by Crippen LogP contribution is -2.49. The van der Waals surface area contributed by atoms with Crippen LogP contribution in [0.3, 0.4) is 0 Å². The summed E-state index contributed by atoms with van der Waals surface area (Å²) >= 11 is 0. The highest BCUT2D eigenvalue weighted by Gasteiger charge is 2.35. The van der Waals surface area contributed by atoms with Crippen LogP contribution in [0.25, 0.3) is 0 Å². The van der Waals surface area contributed by atoms with E-state index in [-0.39, 0.29) is 0 Å². The highest BCUT2D eigenvalue weighted by molar-refractivity contribution is 5.36. The molecule has 20 heavy (non-hydrogen) atoms. The first kappa shape index (κ1) is 15.5. The molecule has 2 heteroatoms. The maximum absolute atomic E-state index is 3.71. The Bertz CT molecular complexity index is 457. The first-order chi connectivity index (χ1) is 9.44. The zero-order valence-corrected chi connectivity index (χ0v) is 13.8. The van der Waals surface area contributed by atoms with Gasteiger partial charge in [0.1, 0.15) is 0 Å². The van der Waals surface area contributed by atoms with Gasteiger partial charge in [0.15, 0.2) is 0 Å². The maximum Gasteiger partial charge on any atom is 0.0328 e. The summed E-state index contributed by atoms with van der Waals surface area (Å²) in [5.74, 6) is 0. The molecule has 1 N–H and O–H groups in total. The molecule has 0 spiro atoms. The molecule has 0 amide bonds. The normalized spacial score (nSPS) is 17.9. The van der Waals surface area contributed by atoms with Crippen LogP contribution in [0.1, 0.15) is 47.9 Å². The van der Waals surface area contributed by atoms with Crippen LogP contribution in [-0.2, 0) is 6.54 Å². The van der Waals surface area contributed by atoms with Crippen molar-refractivity contribution in [3.05, 3.63) is 34.4 Å². The van der Waals surface area contributed by atoms with Gasteiger partial charge >= 0.3 is 0 Å². The van der Waals surface area contributed by atoms with Gasteiger partial charge in [0.25, 0.3) is 0 Å². The zero-order chi connectivity index (χ0) is 14.8. The molecule has 2 rings (SSSR count). The van der Waals surface area contributed by atoms with E-state index in [0.29, 0.717) is 5.54 Å². The number of nitrogens with zero attached hydrogens (tertiary/aromatic N) is 1. The van der Waals surface area contributed by atoms with E-state index in [2.05, 4.69) is 57.2 Å². The molecular weight excluding hydrogens is 244 g/mol. The number of nitrogens with one attached hydrogen (secondary N) is 1. The lowest BCUT2D eigenvalue weighted by atomic mass is 9.95. The predicted molar refractivity (Wildman–Crippen MR) is 87.2 cm³/mol. The Labute approximate surface area is 124 Å². The van der Waals surface area contributed by atoms with Crippen LogP contribution in [0.15, 0.2) is 12.1 Å². The molecule has 0 bridgehead atoms. The standard InChI is InChI=1S/C18H30N2/c1-14-10-16(3)17(11-15(14)2)12-19-13-18(20(4)5)8-6-7-9-18/h10-11,19H,6-9,12-13H2,1-5H3. The van der Waals surface area contributed by atoms with Crippen molar-refractivity contribution >= 4 is 0 Å². The summed E-state index contributed by atoms with van der Waals surface area (Å²) in [6, 6.07) is 4.65. The fourth-order valence-corrected chi connectivity index (χ4v) is 3.46. The van der Waals surface area contributed by atoms with E-state index in [1.807, 2.05) is 0 Å². The first-order valence-electron chi connectivity index (χ1n) is 7.89. The van der Waals surface area contributed by atoms with E-state index in [4.69, 9.17) is 0 Å². The summed E-state index contributed by atoms with van der Waals surface area (Å²) in [5, 5.41) is 3.71. The monoisotopic (exact) mass is 274 g/mol. The van der Waals surface area contributed by atoms with Gasteiger partial charge in [-0.25, -0.2) is 0 Å². The molecule has 0 aliphatic heterocycles. The fourth-order valence-electron chi connectivity index (χ4n) is 3.46. The Morgan fingerprint density at radius 2 is 1.60 bits per heavy atom. The molecule has 2 nitrogen and oxygen atoms in total. The average Bonchev–Trinajstić information content (AvgIpc) is 2.85. The molecule has 112 valence electrons. The molecule has 1 saturated carbocycles. The molecule has 1 aliphatic rings. The van der Waals surface area contributed by atoms with Gasteiger partial charge in [0.2, 0.25) is 0 Å². The van der Waals surface area contributed by atoms with Crippen LogP contribution >= 0.6 is 0 Å². The first-order valence-corrected chi connectivity index (χ1v) is 7.89. The van der Waals surface area contributed by atoms with E-state index in [9.17, 15) is 0 Å². The minimum atomic E-state index is 0.383. The molecule has 0 radical (unpaired) electrons. The second-order valence-corrected chi connectivity index (χ2v) is 6.79. The Hall–Kier alpha value is -0.860. The maximum atomic E-state index is 3.71. The van der Waals surface area contributed by atoms with Crippen LogP contribution < -0.4 is 5.32 Å². The van der Waals surface area contributed by atoms with Gasteiger partial charge in [0.05, 0.1) is 0 Å². The van der Waals surface area contributed by atoms with Gasteiger partial charge in [-0.05, 0) is 70.0 Å². The molecule has 0 unspecified atom stereocenters. The lowest BCUT2D eigenvalue weighted by molar-refractivity contribution is 0.153. The predicted octanol–water partition coefficient (Wildman–Crippen LogP) is 3.58. The van der Waals surface area contributed by atoms with Crippen molar-refractivity contribution in [3.63, 3.8) is 0 Å². The fraction of sp³-hybridized carbons (Fsp3) is 0.667. The Kier molecular flexibility index (Phi) is 4.87. The Balaban J connectivity index is 1.97. The van der Waals surface area contributed by atoms with E-state index >= 15 is 0 Å². The van der Waals surface area contributed by atoms with Gasteiger partial charge in [0, 0.05) is 18.6 Å². The molecule has 0 heterocycles. The lowest BCUT2D eigenvalue weighted by Gasteiger charge is -2.36. The minimum absolute atomic E-state index is 0.383. The Morgan fingerprint density at radius 1 is 1.00 bits per heavy atom. The number of hydrogen-bond acceptors (Lipinski definition) is 2. The van der Waals surface area contributed by atoms with Gasteiger partial charge in [-0.15, -0.1) is 0 Å². The molecule has 1 fully saturated rings. The molecular formula is C18H30N2. The summed E-state index contributed by atoms with van der Waals surface area (Å²) in [4.78, 5) is 2.43. The molecule has 0 aromatic heterocycles. The van der Waals surface area contributed by atoms with Crippen molar-refractivity contribution in [3.8, 4) is 0 Å². The van der Waals surface area contributed by atoms with Crippen LogP contribution in [0.2, 0.25) is 0 Å². The van der Waals surface area contributed by atoms with Crippen molar-refractivity contribution in [2.75, 3.05) is 20.6 Å². The molecule has 0 saturated heterocycles. The van der Waals surface area contributed by atoms with Gasteiger partial charge < -0.3 is 10.2 Å². The van der Waals surface area contributed by atoms with Crippen molar-refractivity contribution in [1.82, 2.24) is 10.2 Å². The summed E-state index contributed by atoms with van der Waals surface area (Å²) in [6.45, 7) is 8.71. The summed E-state index contributed by atoms with van der Waals surface area (Å²) in [7, 11) is 4.46. The summed E-state index contributed by atoms with van der Waals surface area (Å²) < 4.78 is 0. The third kappa shape index (κ3) is 3.24. The van der Waals surface area contributed by atoms with Crippen molar-refractivity contribution in [2.45, 2.75) is 58.5 Å². The smallest absolute Gasteiger partial charge is 0.0328 e. The molecule has 0 atom stereocenters. The van der Waals surface area contributed by atoms with Gasteiger partial charge in [-0.2, -0.15) is 0 Å². The van der Waals surface area contributed by atoms with E-state index < -0.39 is 0 Å². The third-order valence-electron chi connectivity index (χ3n) is 5.20. The zero-order valence-electron chi connectivity index (χ0n) is 13.8. The second-order valence-electron chi connectivity index (χ2n) is 6.79. The highest BCUT2D eigenvalue weighted by Crippen LogP contribution is 2.33. The number of rotatable bonds is 5. The number of benzene rings is 1. The molecule has 1 aromatic rings. The van der Waals surface area contributed by atoms with Crippen LogP contribution in [0.4, 0.5) is 0 Å². The number of likely N-dealkylation sites (N-methyl/N-ethyl adjacent to an activating group) is 1. The van der Waals surface area contributed by atoms with Crippen LogP contribution in [0, 0.1) is 20.8 Å². The topological polar surface area (TPSA) is 15.3 Å². The minimum Gasteiger partial charge on any atom is -0.311 e. The third-order valence-corrected chi connectivity index (χ3v) is 5.20. The Morgan fingerprint density at radius 3 is 2.20 bits per heavy atom. The largest absolute Gasteiger partial charge is 0.311 e. The quantitative estimate of drug-likeness (QED) is 0.883. The van der Waals surface area contributed by atoms with Crippen molar-refractivity contribution in [2.24, 2.45) is 0 Å². The average molecular weight is 274 g/mol. The van der Waals surface area contributed by atoms with Crippen LogP contribution in [-0.4, -0.2) is 31.1 Å². The number of aryl methyl sites for hydroxylation is 3. The number of hydrogen-bond donors (Lipinski definition) is 1. The molecule has 1 aromatic carbocycles. The summed E-state index contributed by atoms with van der Waals surface area (Å²) in [5.41, 5.74) is 6.03. The second kappa shape index (κ2) is 6.28. The van der Waals surface area contributed by atoms with E-state index in [1.165, 1.54) is 47.9 Å².